The molecular weight excluding hydrogens is 172 g/mol. The van der Waals surface area contributed by atoms with Gasteiger partial charge in [-0.15, -0.1) is 0 Å². The smallest absolute Gasteiger partial charge is 0.119 e. The van der Waals surface area contributed by atoms with Crippen LogP contribution in [0, 0.1) is 5.92 Å². The van der Waals surface area contributed by atoms with E-state index in [4.69, 9.17) is 4.74 Å². The fraction of sp³-hybridized carbons (Fsp3) is 0.538. The van der Waals surface area contributed by atoms with Crippen molar-refractivity contribution in [3.63, 3.8) is 0 Å². The molecule has 78 valence electrons. The van der Waals surface area contributed by atoms with Gasteiger partial charge in [-0.3, -0.25) is 0 Å². The first kappa shape index (κ1) is 11.1. The normalized spacial score (nSPS) is 12.5. The zero-order valence-corrected chi connectivity index (χ0v) is 9.42. The molecule has 0 saturated heterocycles. The zero-order valence-electron chi connectivity index (χ0n) is 9.42. The molecule has 0 heterocycles. The molecule has 1 atom stereocenters. The lowest BCUT2D eigenvalue weighted by atomic mass is 9.99. The van der Waals surface area contributed by atoms with Gasteiger partial charge < -0.3 is 4.74 Å². The van der Waals surface area contributed by atoms with Gasteiger partial charge >= 0.3 is 0 Å². The van der Waals surface area contributed by atoms with E-state index in [-0.39, 0.29) is 0 Å². The van der Waals surface area contributed by atoms with Crippen LogP contribution in [0.1, 0.15) is 32.8 Å². The molecule has 1 rings (SSSR count). The summed E-state index contributed by atoms with van der Waals surface area (Å²) < 4.78 is 5.39. The summed E-state index contributed by atoms with van der Waals surface area (Å²) in [6.45, 7) is 7.27. The van der Waals surface area contributed by atoms with E-state index in [0.29, 0.717) is 0 Å². The van der Waals surface area contributed by atoms with Crippen LogP contribution in [0.3, 0.4) is 0 Å². The topological polar surface area (TPSA) is 9.23 Å². The summed E-state index contributed by atoms with van der Waals surface area (Å²) >= 11 is 0. The molecule has 0 N–H and O–H groups in total. The third-order valence-corrected chi connectivity index (χ3v) is 2.52. The van der Waals surface area contributed by atoms with Gasteiger partial charge in [0.25, 0.3) is 0 Å². The van der Waals surface area contributed by atoms with Crippen LogP contribution < -0.4 is 4.74 Å². The van der Waals surface area contributed by atoms with Crippen molar-refractivity contribution in [2.75, 3.05) is 6.61 Å². The van der Waals surface area contributed by atoms with Gasteiger partial charge in [-0.2, -0.15) is 0 Å². The van der Waals surface area contributed by atoms with Crippen LogP contribution in [0.5, 0.6) is 5.75 Å². The highest BCUT2D eigenvalue weighted by Crippen LogP contribution is 2.16. The van der Waals surface area contributed by atoms with Crippen LogP contribution in [-0.2, 0) is 6.42 Å². The Morgan fingerprint density at radius 2 is 1.79 bits per heavy atom. The second-order valence-electron chi connectivity index (χ2n) is 3.79. The largest absolute Gasteiger partial charge is 0.494 e. The standard InChI is InChI=1S/C13H20O/c1-4-11(3)10-12-6-8-13(9-7-12)14-5-2/h6-9,11H,4-5,10H2,1-3H3. The number of hydrogen-bond acceptors (Lipinski definition) is 1. The Labute approximate surface area is 87.1 Å². The summed E-state index contributed by atoms with van der Waals surface area (Å²) in [4.78, 5) is 0. The molecule has 0 amide bonds. The summed E-state index contributed by atoms with van der Waals surface area (Å²) in [6, 6.07) is 8.44. The Kier molecular flexibility index (Phi) is 4.51. The van der Waals surface area contributed by atoms with E-state index in [9.17, 15) is 0 Å². The second kappa shape index (κ2) is 5.69. The number of ether oxygens (including phenoxy) is 1. The molecule has 1 heteroatoms. The first-order valence-corrected chi connectivity index (χ1v) is 5.48. The molecule has 0 aliphatic carbocycles. The molecule has 0 radical (unpaired) electrons. The van der Waals surface area contributed by atoms with Crippen molar-refractivity contribution in [3.05, 3.63) is 29.8 Å². The second-order valence-corrected chi connectivity index (χ2v) is 3.79. The maximum Gasteiger partial charge on any atom is 0.119 e. The highest BCUT2D eigenvalue weighted by Gasteiger charge is 2.00. The van der Waals surface area contributed by atoms with E-state index in [1.54, 1.807) is 0 Å². The first-order valence-electron chi connectivity index (χ1n) is 5.48. The Bertz CT molecular complexity index is 250. The molecule has 0 bridgehead atoms. The predicted molar refractivity (Wildman–Crippen MR) is 60.8 cm³/mol. The minimum Gasteiger partial charge on any atom is -0.494 e. The third-order valence-electron chi connectivity index (χ3n) is 2.52. The SMILES string of the molecule is CCOc1ccc(CC(C)CC)cc1. The fourth-order valence-corrected chi connectivity index (χ4v) is 1.44. The molecule has 0 fully saturated rings. The van der Waals surface area contributed by atoms with Gasteiger partial charge in [0.05, 0.1) is 6.61 Å². The van der Waals surface area contributed by atoms with Gasteiger partial charge in [0.15, 0.2) is 0 Å². The van der Waals surface area contributed by atoms with Gasteiger partial charge in [0.1, 0.15) is 5.75 Å². The van der Waals surface area contributed by atoms with Crippen molar-refractivity contribution in [2.24, 2.45) is 5.92 Å². The molecule has 0 spiro atoms. The van der Waals surface area contributed by atoms with Crippen molar-refractivity contribution in [1.82, 2.24) is 0 Å². The van der Waals surface area contributed by atoms with Gasteiger partial charge in [0.2, 0.25) is 0 Å². The Hall–Kier alpha value is -0.980. The quantitative estimate of drug-likeness (QED) is 0.691. The van der Waals surface area contributed by atoms with Crippen LogP contribution >= 0.6 is 0 Å². The Morgan fingerprint density at radius 1 is 1.14 bits per heavy atom. The van der Waals surface area contributed by atoms with Crippen molar-refractivity contribution in [1.29, 1.82) is 0 Å². The summed E-state index contributed by atoms with van der Waals surface area (Å²) in [6.07, 6.45) is 2.41. The molecule has 0 aliphatic rings. The number of hydrogen-bond donors (Lipinski definition) is 0. The maximum absolute atomic E-state index is 5.39. The summed E-state index contributed by atoms with van der Waals surface area (Å²) in [5.41, 5.74) is 1.41. The van der Waals surface area contributed by atoms with Crippen molar-refractivity contribution < 1.29 is 4.74 Å². The Balaban J connectivity index is 2.54. The van der Waals surface area contributed by atoms with Gasteiger partial charge in [0, 0.05) is 0 Å². The van der Waals surface area contributed by atoms with Crippen LogP contribution in [0.2, 0.25) is 0 Å². The molecule has 14 heavy (non-hydrogen) atoms. The monoisotopic (exact) mass is 192 g/mol. The fourth-order valence-electron chi connectivity index (χ4n) is 1.44. The molecule has 1 aromatic carbocycles. The van der Waals surface area contributed by atoms with Gasteiger partial charge in [-0.05, 0) is 37.0 Å². The minimum absolute atomic E-state index is 0.741. The van der Waals surface area contributed by atoms with Crippen LogP contribution in [0.25, 0.3) is 0 Å². The molecule has 0 saturated carbocycles. The maximum atomic E-state index is 5.39. The minimum atomic E-state index is 0.741. The van der Waals surface area contributed by atoms with Crippen molar-refractivity contribution >= 4 is 0 Å². The first-order chi connectivity index (χ1) is 6.76. The lowest BCUT2D eigenvalue weighted by Crippen LogP contribution is -1.98. The highest BCUT2D eigenvalue weighted by molar-refractivity contribution is 5.27. The van der Waals surface area contributed by atoms with E-state index in [1.165, 1.54) is 18.4 Å². The average Bonchev–Trinajstić information content (AvgIpc) is 2.21. The predicted octanol–water partition coefficient (Wildman–Crippen LogP) is 3.67. The van der Waals surface area contributed by atoms with E-state index < -0.39 is 0 Å². The molecule has 0 aliphatic heterocycles. The molecule has 1 nitrogen and oxygen atoms in total. The van der Waals surface area contributed by atoms with E-state index in [0.717, 1.165) is 18.3 Å². The van der Waals surface area contributed by atoms with Crippen molar-refractivity contribution in [2.45, 2.75) is 33.6 Å². The van der Waals surface area contributed by atoms with E-state index in [1.807, 2.05) is 6.92 Å². The average molecular weight is 192 g/mol. The number of rotatable bonds is 5. The summed E-state index contributed by atoms with van der Waals surface area (Å²) in [7, 11) is 0. The van der Waals surface area contributed by atoms with E-state index >= 15 is 0 Å². The summed E-state index contributed by atoms with van der Waals surface area (Å²) in [5.74, 6) is 1.74. The highest BCUT2D eigenvalue weighted by atomic mass is 16.5. The Morgan fingerprint density at radius 3 is 2.29 bits per heavy atom. The van der Waals surface area contributed by atoms with Gasteiger partial charge in [-0.25, -0.2) is 0 Å². The van der Waals surface area contributed by atoms with E-state index in [2.05, 4.69) is 38.1 Å². The third kappa shape index (κ3) is 3.41. The van der Waals surface area contributed by atoms with Crippen LogP contribution in [-0.4, -0.2) is 6.61 Å². The molecular formula is C13H20O. The van der Waals surface area contributed by atoms with Crippen molar-refractivity contribution in [3.8, 4) is 5.75 Å². The lowest BCUT2D eigenvalue weighted by Gasteiger charge is -2.09. The van der Waals surface area contributed by atoms with Crippen LogP contribution in [0.15, 0.2) is 24.3 Å². The van der Waals surface area contributed by atoms with Crippen LogP contribution in [0.4, 0.5) is 0 Å². The molecule has 1 aromatic rings. The zero-order chi connectivity index (χ0) is 10.4. The molecule has 1 unspecified atom stereocenters. The number of benzene rings is 1. The lowest BCUT2D eigenvalue weighted by molar-refractivity contribution is 0.340. The summed E-state index contributed by atoms with van der Waals surface area (Å²) in [5, 5.41) is 0. The molecule has 0 aromatic heterocycles. The van der Waals surface area contributed by atoms with Gasteiger partial charge in [-0.1, -0.05) is 32.4 Å².